The Kier molecular flexibility index (Phi) is 3.96. The third kappa shape index (κ3) is 2.95. The lowest BCUT2D eigenvalue weighted by Gasteiger charge is -2.31. The number of nitrogens with zero attached hydrogens (tertiary/aromatic N) is 4. The van der Waals surface area contributed by atoms with Gasteiger partial charge in [0.25, 0.3) is 5.91 Å². The van der Waals surface area contributed by atoms with Gasteiger partial charge in [0.2, 0.25) is 0 Å². The number of aliphatic hydroxyl groups is 1. The normalized spacial score (nSPS) is 18.7. The SMILES string of the molecule is O=C(c1cn(-c2ccccc2)nn1)N1CCCC(CO)C1. The molecule has 21 heavy (non-hydrogen) atoms. The minimum Gasteiger partial charge on any atom is -0.396 e. The topological polar surface area (TPSA) is 71.2 Å². The Morgan fingerprint density at radius 1 is 1.33 bits per heavy atom. The van der Waals surface area contributed by atoms with E-state index in [-0.39, 0.29) is 18.4 Å². The number of carbonyl (C=O) groups excluding carboxylic acids is 1. The number of rotatable bonds is 3. The van der Waals surface area contributed by atoms with Gasteiger partial charge in [0, 0.05) is 19.7 Å². The van der Waals surface area contributed by atoms with Crippen molar-refractivity contribution < 1.29 is 9.90 Å². The molecule has 6 nitrogen and oxygen atoms in total. The van der Waals surface area contributed by atoms with E-state index in [0.29, 0.717) is 18.8 Å². The zero-order valence-corrected chi connectivity index (χ0v) is 11.7. The van der Waals surface area contributed by atoms with Gasteiger partial charge >= 0.3 is 0 Å². The molecule has 1 fully saturated rings. The van der Waals surface area contributed by atoms with Gasteiger partial charge in [0.1, 0.15) is 0 Å². The summed E-state index contributed by atoms with van der Waals surface area (Å²) in [5.74, 6) is 0.0576. The average Bonchev–Trinajstić information content (AvgIpc) is 3.05. The maximum absolute atomic E-state index is 12.4. The third-order valence-corrected chi connectivity index (χ3v) is 3.80. The van der Waals surface area contributed by atoms with E-state index in [1.54, 1.807) is 15.8 Å². The van der Waals surface area contributed by atoms with Crippen molar-refractivity contribution >= 4 is 5.91 Å². The van der Waals surface area contributed by atoms with Crippen molar-refractivity contribution in [3.63, 3.8) is 0 Å². The Bertz CT molecular complexity index is 611. The lowest BCUT2D eigenvalue weighted by Crippen LogP contribution is -2.41. The van der Waals surface area contributed by atoms with Crippen molar-refractivity contribution in [2.75, 3.05) is 19.7 Å². The van der Waals surface area contributed by atoms with Crippen LogP contribution in [0.1, 0.15) is 23.3 Å². The van der Waals surface area contributed by atoms with E-state index < -0.39 is 0 Å². The fourth-order valence-electron chi connectivity index (χ4n) is 2.63. The second-order valence-corrected chi connectivity index (χ2v) is 5.33. The van der Waals surface area contributed by atoms with Crippen LogP contribution in [-0.4, -0.2) is 50.6 Å². The molecule has 2 heterocycles. The molecule has 0 saturated carbocycles. The molecule has 1 aromatic heterocycles. The summed E-state index contributed by atoms with van der Waals surface area (Å²) in [5, 5.41) is 17.2. The molecule has 1 aromatic carbocycles. The number of hydrogen-bond acceptors (Lipinski definition) is 4. The summed E-state index contributed by atoms with van der Waals surface area (Å²) in [6.45, 7) is 1.43. The van der Waals surface area contributed by atoms with Gasteiger partial charge in [-0.1, -0.05) is 23.4 Å². The van der Waals surface area contributed by atoms with Crippen LogP contribution >= 0.6 is 0 Å². The van der Waals surface area contributed by atoms with Gasteiger partial charge in [-0.05, 0) is 30.9 Å². The van der Waals surface area contributed by atoms with Crippen LogP contribution in [0.25, 0.3) is 5.69 Å². The summed E-state index contributed by atoms with van der Waals surface area (Å²) in [4.78, 5) is 14.2. The molecule has 1 N–H and O–H groups in total. The summed E-state index contributed by atoms with van der Waals surface area (Å²) in [7, 11) is 0. The standard InChI is InChI=1S/C15H18N4O2/c20-11-12-5-4-8-18(9-12)15(21)14-10-19(17-16-14)13-6-2-1-3-7-13/h1-3,6-7,10,12,20H,4-5,8-9,11H2. The average molecular weight is 286 g/mol. The fraction of sp³-hybridized carbons (Fsp3) is 0.400. The second kappa shape index (κ2) is 6.05. The highest BCUT2D eigenvalue weighted by atomic mass is 16.3. The lowest BCUT2D eigenvalue weighted by molar-refractivity contribution is 0.0615. The number of aromatic nitrogens is 3. The van der Waals surface area contributed by atoms with Gasteiger partial charge < -0.3 is 10.0 Å². The molecule has 1 amide bonds. The highest BCUT2D eigenvalue weighted by Gasteiger charge is 2.25. The molecule has 1 atom stereocenters. The molecular formula is C15H18N4O2. The Morgan fingerprint density at radius 2 is 2.14 bits per heavy atom. The number of benzene rings is 1. The first-order valence-corrected chi connectivity index (χ1v) is 7.16. The number of hydrogen-bond donors (Lipinski definition) is 1. The first-order valence-electron chi connectivity index (χ1n) is 7.16. The Balaban J connectivity index is 1.75. The minimum absolute atomic E-state index is 0.115. The molecule has 0 radical (unpaired) electrons. The zero-order chi connectivity index (χ0) is 14.7. The predicted molar refractivity (Wildman–Crippen MR) is 77.1 cm³/mol. The van der Waals surface area contributed by atoms with E-state index >= 15 is 0 Å². The molecule has 6 heteroatoms. The number of piperidine rings is 1. The van der Waals surface area contributed by atoms with Gasteiger partial charge in [0.15, 0.2) is 5.69 Å². The number of carbonyl (C=O) groups is 1. The van der Waals surface area contributed by atoms with Crippen LogP contribution in [0.5, 0.6) is 0 Å². The van der Waals surface area contributed by atoms with Crippen LogP contribution in [0.3, 0.4) is 0 Å². The number of likely N-dealkylation sites (tertiary alicyclic amines) is 1. The minimum atomic E-state index is -0.115. The molecular weight excluding hydrogens is 268 g/mol. The lowest BCUT2D eigenvalue weighted by atomic mass is 9.99. The Hall–Kier alpha value is -2.21. The van der Waals surface area contributed by atoms with Crippen LogP contribution in [0.2, 0.25) is 0 Å². The molecule has 3 rings (SSSR count). The van der Waals surface area contributed by atoms with Crippen LogP contribution in [0.4, 0.5) is 0 Å². The number of para-hydroxylation sites is 1. The van der Waals surface area contributed by atoms with E-state index in [9.17, 15) is 9.90 Å². The molecule has 1 aliphatic rings. The van der Waals surface area contributed by atoms with Crippen LogP contribution in [-0.2, 0) is 0 Å². The van der Waals surface area contributed by atoms with Gasteiger partial charge in [-0.15, -0.1) is 5.10 Å². The van der Waals surface area contributed by atoms with Gasteiger partial charge in [-0.2, -0.15) is 0 Å². The first kappa shape index (κ1) is 13.8. The van der Waals surface area contributed by atoms with Gasteiger partial charge in [0.05, 0.1) is 11.9 Å². The van der Waals surface area contributed by atoms with Crippen molar-refractivity contribution in [3.05, 3.63) is 42.2 Å². The predicted octanol–water partition coefficient (Wildman–Crippen LogP) is 1.11. The van der Waals surface area contributed by atoms with Gasteiger partial charge in [-0.25, -0.2) is 4.68 Å². The number of amides is 1. The van der Waals surface area contributed by atoms with Crippen molar-refractivity contribution in [3.8, 4) is 5.69 Å². The summed E-state index contributed by atoms with van der Waals surface area (Å²) in [6.07, 6.45) is 3.54. The van der Waals surface area contributed by atoms with Crippen LogP contribution in [0, 0.1) is 5.92 Å². The maximum Gasteiger partial charge on any atom is 0.276 e. The van der Waals surface area contributed by atoms with Crippen molar-refractivity contribution in [2.24, 2.45) is 5.92 Å². The summed E-state index contributed by atoms with van der Waals surface area (Å²) >= 11 is 0. The van der Waals surface area contributed by atoms with E-state index in [1.807, 2.05) is 30.3 Å². The Morgan fingerprint density at radius 3 is 2.90 bits per heavy atom. The van der Waals surface area contributed by atoms with E-state index in [1.165, 1.54) is 0 Å². The maximum atomic E-state index is 12.4. The zero-order valence-electron chi connectivity index (χ0n) is 11.7. The molecule has 0 aliphatic carbocycles. The molecule has 2 aromatic rings. The highest BCUT2D eigenvalue weighted by molar-refractivity contribution is 5.92. The quantitative estimate of drug-likeness (QED) is 0.917. The van der Waals surface area contributed by atoms with E-state index in [4.69, 9.17) is 0 Å². The monoisotopic (exact) mass is 286 g/mol. The number of aliphatic hydroxyl groups excluding tert-OH is 1. The summed E-state index contributed by atoms with van der Waals surface area (Å²) in [6, 6.07) is 9.57. The van der Waals surface area contributed by atoms with Gasteiger partial charge in [-0.3, -0.25) is 4.79 Å². The summed E-state index contributed by atoms with van der Waals surface area (Å²) in [5.41, 5.74) is 1.22. The van der Waals surface area contributed by atoms with Crippen molar-refractivity contribution in [2.45, 2.75) is 12.8 Å². The molecule has 110 valence electrons. The molecule has 1 aliphatic heterocycles. The molecule has 1 saturated heterocycles. The van der Waals surface area contributed by atoms with Crippen LogP contribution < -0.4 is 0 Å². The highest BCUT2D eigenvalue weighted by Crippen LogP contribution is 2.17. The van der Waals surface area contributed by atoms with Crippen molar-refractivity contribution in [1.29, 1.82) is 0 Å². The third-order valence-electron chi connectivity index (χ3n) is 3.80. The Labute approximate surface area is 123 Å². The van der Waals surface area contributed by atoms with Crippen LogP contribution in [0.15, 0.2) is 36.5 Å². The molecule has 1 unspecified atom stereocenters. The van der Waals surface area contributed by atoms with E-state index in [2.05, 4.69) is 10.3 Å². The largest absolute Gasteiger partial charge is 0.396 e. The van der Waals surface area contributed by atoms with E-state index in [0.717, 1.165) is 18.5 Å². The summed E-state index contributed by atoms with van der Waals surface area (Å²) < 4.78 is 1.60. The first-order chi connectivity index (χ1) is 10.3. The van der Waals surface area contributed by atoms with Crippen molar-refractivity contribution in [1.82, 2.24) is 19.9 Å². The smallest absolute Gasteiger partial charge is 0.276 e. The molecule has 0 bridgehead atoms. The fourth-order valence-corrected chi connectivity index (χ4v) is 2.63. The second-order valence-electron chi connectivity index (χ2n) is 5.33. The molecule has 0 spiro atoms.